The van der Waals surface area contributed by atoms with Gasteiger partial charge in [0, 0.05) is 0 Å². The molecule has 3 rings (SSSR count). The van der Waals surface area contributed by atoms with Crippen LogP contribution in [-0.4, -0.2) is 29.3 Å². The first-order chi connectivity index (χ1) is 16.4. The summed E-state index contributed by atoms with van der Waals surface area (Å²) >= 11 is 0.219. The molecule has 0 saturated carbocycles. The van der Waals surface area contributed by atoms with E-state index in [1.54, 1.807) is 0 Å². The Labute approximate surface area is 224 Å². The summed E-state index contributed by atoms with van der Waals surface area (Å²) in [6, 6.07) is 6.60. The Bertz CT molecular complexity index is 1120. The quantitative estimate of drug-likeness (QED) is 0.268. The van der Waals surface area contributed by atoms with Gasteiger partial charge in [0.1, 0.15) is 0 Å². The Kier molecular flexibility index (Phi) is 7.44. The first-order valence-electron chi connectivity index (χ1n) is 12.6. The minimum atomic E-state index is -0.822. The maximum atomic E-state index is 5.25. The van der Waals surface area contributed by atoms with Crippen molar-refractivity contribution in [1.29, 1.82) is 0 Å². The summed E-state index contributed by atoms with van der Waals surface area (Å²) in [5.41, 5.74) is 6.08. The standard InChI is InChI=1S/C25H39N6.C4H5.Mn/c1-16-13-19(23(4,5)6)26-29(16)22(30-17(2)14-20(27-30)24(7,8)9)31-18(3)15-21(28-31)25(10,11)12;1-3-4-2;/h13-15H,1-12H3;1,3-4H,2H2;. The number of hydrogen-bond donors (Lipinski definition) is 0. The fourth-order valence-electron chi connectivity index (χ4n) is 3.97. The van der Waals surface area contributed by atoms with E-state index in [0.717, 1.165) is 34.2 Å². The van der Waals surface area contributed by atoms with Gasteiger partial charge in [0.15, 0.2) is 0 Å². The van der Waals surface area contributed by atoms with Crippen LogP contribution in [0, 0.1) is 20.8 Å². The second-order valence-corrected chi connectivity index (χ2v) is 14.2. The maximum absolute atomic E-state index is 5.25. The molecule has 0 aromatic carbocycles. The van der Waals surface area contributed by atoms with E-state index in [9.17, 15) is 0 Å². The molecule has 0 unspecified atom stereocenters. The molecule has 0 radical (unpaired) electrons. The van der Waals surface area contributed by atoms with Crippen molar-refractivity contribution in [2.75, 3.05) is 0 Å². The van der Waals surface area contributed by atoms with Gasteiger partial charge in [-0.1, -0.05) is 0 Å². The molecule has 0 saturated heterocycles. The molecule has 0 N–H and O–H groups in total. The van der Waals surface area contributed by atoms with Gasteiger partial charge >= 0.3 is 224 Å². The van der Waals surface area contributed by atoms with Crippen LogP contribution in [0.5, 0.6) is 0 Å². The van der Waals surface area contributed by atoms with Crippen molar-refractivity contribution in [2.24, 2.45) is 0 Å². The SMILES string of the molecule is C=CC=[CH][Mn][C](n1nc(C(C)(C)C)cc1C)(n1nc(C(C)(C)C)cc1C)n1nc(C(C)(C)C)cc1C. The van der Waals surface area contributed by atoms with Crippen LogP contribution < -0.4 is 0 Å². The Hall–Kier alpha value is -2.37. The predicted molar refractivity (Wildman–Crippen MR) is 145 cm³/mol. The number of nitrogens with zero attached hydrogens (tertiary/aromatic N) is 6. The van der Waals surface area contributed by atoms with Gasteiger partial charge in [-0.25, -0.2) is 0 Å². The summed E-state index contributed by atoms with van der Waals surface area (Å²) in [6.45, 7) is 30.1. The van der Waals surface area contributed by atoms with Crippen LogP contribution in [-0.2, 0) is 35.9 Å². The van der Waals surface area contributed by atoms with Crippen LogP contribution in [0.2, 0.25) is 0 Å². The van der Waals surface area contributed by atoms with Crippen molar-refractivity contribution in [1.82, 2.24) is 29.3 Å². The number of aromatic nitrogens is 6. The summed E-state index contributed by atoms with van der Waals surface area (Å²) in [5.74, 6) is 0. The molecule has 197 valence electrons. The molecule has 36 heavy (non-hydrogen) atoms. The van der Waals surface area contributed by atoms with Crippen LogP contribution in [0.4, 0.5) is 0 Å². The Balaban J connectivity index is 2.51. The number of allylic oxidation sites excluding steroid dienone is 2. The van der Waals surface area contributed by atoms with Crippen LogP contribution in [0.3, 0.4) is 0 Å². The fraction of sp³-hybridized carbons (Fsp3) is 0.552. The van der Waals surface area contributed by atoms with Crippen molar-refractivity contribution >= 4 is 0 Å². The molecule has 0 aliphatic rings. The molecule has 0 fully saturated rings. The number of rotatable bonds is 6. The van der Waals surface area contributed by atoms with E-state index in [1.807, 2.05) is 12.2 Å². The Morgan fingerprint density at radius 1 is 0.639 bits per heavy atom. The van der Waals surface area contributed by atoms with Gasteiger partial charge in [0.25, 0.3) is 0 Å². The van der Waals surface area contributed by atoms with Crippen molar-refractivity contribution < 1.29 is 15.0 Å². The number of hydrogen-bond acceptors (Lipinski definition) is 3. The Morgan fingerprint density at radius 3 is 1.17 bits per heavy atom. The van der Waals surface area contributed by atoms with E-state index in [1.165, 1.54) is 0 Å². The first-order valence-corrected chi connectivity index (χ1v) is 13.8. The third kappa shape index (κ3) is 5.19. The van der Waals surface area contributed by atoms with E-state index in [4.69, 9.17) is 15.3 Å². The molecule has 3 heterocycles. The zero-order valence-corrected chi connectivity index (χ0v) is 25.4. The topological polar surface area (TPSA) is 53.5 Å². The van der Waals surface area contributed by atoms with Gasteiger partial charge in [0.2, 0.25) is 0 Å². The molecule has 6 nitrogen and oxygen atoms in total. The molecule has 0 bridgehead atoms. The normalized spacial score (nSPS) is 13.7. The molecular formula is C29H44MnN6. The molecule has 0 atom stereocenters. The van der Waals surface area contributed by atoms with E-state index < -0.39 is 4.69 Å². The first kappa shape index (κ1) is 28.2. The summed E-state index contributed by atoms with van der Waals surface area (Å²) < 4.78 is 5.59. The fourth-order valence-corrected chi connectivity index (χ4v) is 5.74. The molecule has 0 spiro atoms. The van der Waals surface area contributed by atoms with Crippen molar-refractivity contribution in [3.63, 3.8) is 0 Å². The van der Waals surface area contributed by atoms with E-state index in [2.05, 4.69) is 127 Å². The predicted octanol–water partition coefficient (Wildman–Crippen LogP) is 6.54. The van der Waals surface area contributed by atoms with Crippen molar-refractivity contribution in [3.8, 4) is 0 Å². The summed E-state index contributed by atoms with van der Waals surface area (Å²) in [6.07, 6.45) is 3.83. The summed E-state index contributed by atoms with van der Waals surface area (Å²) in [4.78, 5) is 2.17. The molecule has 0 aliphatic carbocycles. The second kappa shape index (κ2) is 9.50. The van der Waals surface area contributed by atoms with Gasteiger partial charge < -0.3 is 0 Å². The molecule has 7 heteroatoms. The summed E-state index contributed by atoms with van der Waals surface area (Å²) in [5, 5.41) is 15.8. The van der Waals surface area contributed by atoms with Crippen LogP contribution in [0.15, 0.2) is 41.9 Å². The van der Waals surface area contributed by atoms with Crippen LogP contribution in [0.25, 0.3) is 0 Å². The van der Waals surface area contributed by atoms with E-state index in [0.29, 0.717) is 0 Å². The third-order valence-electron chi connectivity index (χ3n) is 6.19. The monoisotopic (exact) mass is 531 g/mol. The van der Waals surface area contributed by atoms with Crippen LogP contribution >= 0.6 is 0 Å². The van der Waals surface area contributed by atoms with Gasteiger partial charge in [0.05, 0.1) is 0 Å². The van der Waals surface area contributed by atoms with E-state index in [-0.39, 0.29) is 31.2 Å². The average molecular weight is 532 g/mol. The summed E-state index contributed by atoms with van der Waals surface area (Å²) in [7, 11) is 0. The van der Waals surface area contributed by atoms with Crippen molar-refractivity contribution in [3.05, 3.63) is 76.1 Å². The van der Waals surface area contributed by atoms with Gasteiger partial charge in [-0.3, -0.25) is 0 Å². The molecule has 3 aromatic rings. The van der Waals surface area contributed by atoms with Gasteiger partial charge in [-0.05, 0) is 0 Å². The van der Waals surface area contributed by atoms with Gasteiger partial charge in [-0.15, -0.1) is 0 Å². The number of aryl methyl sites for hydroxylation is 3. The molecule has 3 aromatic heterocycles. The third-order valence-corrected chi connectivity index (χ3v) is 7.83. The second-order valence-electron chi connectivity index (χ2n) is 12.7. The van der Waals surface area contributed by atoms with Crippen molar-refractivity contribution in [2.45, 2.75) is 104 Å². The zero-order chi connectivity index (χ0) is 27.3. The van der Waals surface area contributed by atoms with Crippen LogP contribution in [0.1, 0.15) is 96.5 Å². The Morgan fingerprint density at radius 2 is 0.944 bits per heavy atom. The molecular weight excluding hydrogens is 487 g/mol. The minimum absolute atomic E-state index is 0.0896. The van der Waals surface area contributed by atoms with E-state index >= 15 is 0 Å². The average Bonchev–Trinajstić information content (AvgIpc) is 3.42. The zero-order valence-electron chi connectivity index (χ0n) is 24.2. The molecule has 0 aliphatic heterocycles. The molecule has 0 amide bonds. The van der Waals surface area contributed by atoms with Gasteiger partial charge in [-0.2, -0.15) is 0 Å².